The number of aryl methyl sites for hydroxylation is 1. The Hall–Kier alpha value is -1.56. The molecule has 1 rings (SSSR count). The molecule has 0 atom stereocenters. The van der Waals surface area contributed by atoms with Gasteiger partial charge < -0.3 is 5.11 Å². The quantitative estimate of drug-likeness (QED) is 0.843. The van der Waals surface area contributed by atoms with Crippen LogP contribution in [0, 0.1) is 6.92 Å². The number of benzene rings is 1. The maximum atomic E-state index is 11.5. The smallest absolute Gasteiger partial charge is 0.335 e. The first-order chi connectivity index (χ1) is 7.85. The highest BCUT2D eigenvalue weighted by Crippen LogP contribution is 2.18. The van der Waals surface area contributed by atoms with E-state index in [9.17, 15) is 13.2 Å². The fourth-order valence-corrected chi connectivity index (χ4v) is 2.60. The average molecular weight is 257 g/mol. The molecule has 0 radical (unpaired) electrons. The maximum Gasteiger partial charge on any atom is 0.335 e. The Bertz CT molecular complexity index is 522. The van der Waals surface area contributed by atoms with Gasteiger partial charge in [-0.2, -0.15) is 0 Å². The minimum absolute atomic E-state index is 0.0487. The van der Waals surface area contributed by atoms with Crippen molar-refractivity contribution in [1.82, 2.24) is 0 Å². The normalized spacial score (nSPS) is 11.2. The average Bonchev–Trinajstić information content (AvgIpc) is 2.20. The van der Waals surface area contributed by atoms with Crippen LogP contribution in [0.5, 0.6) is 0 Å². The summed E-state index contributed by atoms with van der Waals surface area (Å²) in [5.41, 5.74) is 1.15. The molecule has 0 aliphatic heterocycles. The van der Waals surface area contributed by atoms with Crippen LogP contribution in [0.2, 0.25) is 0 Å². The molecular weight excluding hydrogens is 242 g/mol. The predicted molar refractivity (Wildman–Crippen MR) is 65.8 cm³/mol. The second-order valence-corrected chi connectivity index (χ2v) is 5.60. The summed E-state index contributed by atoms with van der Waals surface area (Å²) in [6, 6.07) is 4.28. The molecule has 0 unspecified atom stereocenters. The number of carboxylic acid groups (broad SMARTS) is 1. The monoisotopic (exact) mass is 257 g/mol. The molecule has 0 aliphatic rings. The number of hydrogen-bond acceptors (Lipinski definition) is 3. The van der Waals surface area contributed by atoms with Crippen LogP contribution in [0.1, 0.15) is 29.3 Å². The van der Waals surface area contributed by atoms with E-state index in [1.165, 1.54) is 18.2 Å². The van der Waals surface area contributed by atoms with Crippen molar-refractivity contribution in [3.8, 4) is 0 Å². The van der Waals surface area contributed by atoms with Crippen LogP contribution in [-0.2, 0) is 10.0 Å². The van der Waals surface area contributed by atoms with E-state index in [0.717, 1.165) is 0 Å². The highest BCUT2D eigenvalue weighted by Gasteiger charge is 2.11. The molecule has 0 heterocycles. The van der Waals surface area contributed by atoms with Gasteiger partial charge in [0.05, 0.1) is 17.0 Å². The van der Waals surface area contributed by atoms with Gasteiger partial charge in [0.15, 0.2) is 0 Å². The lowest BCUT2D eigenvalue weighted by Crippen LogP contribution is -2.17. The Morgan fingerprint density at radius 1 is 1.41 bits per heavy atom. The minimum Gasteiger partial charge on any atom is -0.478 e. The summed E-state index contributed by atoms with van der Waals surface area (Å²) in [4.78, 5) is 10.7. The summed E-state index contributed by atoms with van der Waals surface area (Å²) in [5, 5.41) is 8.78. The third-order valence-corrected chi connectivity index (χ3v) is 3.69. The molecule has 0 saturated heterocycles. The Kier molecular flexibility index (Phi) is 4.11. The van der Waals surface area contributed by atoms with E-state index in [4.69, 9.17) is 5.11 Å². The lowest BCUT2D eigenvalue weighted by molar-refractivity contribution is 0.0697. The SMILES string of the molecule is CCCS(=O)(=O)Nc1ccc(C(=O)O)cc1C. The number of nitrogens with one attached hydrogen (secondary N) is 1. The largest absolute Gasteiger partial charge is 0.478 e. The van der Waals surface area contributed by atoms with Gasteiger partial charge in [-0.3, -0.25) is 4.72 Å². The van der Waals surface area contributed by atoms with E-state index in [1.807, 2.05) is 0 Å². The summed E-state index contributed by atoms with van der Waals surface area (Å²) >= 11 is 0. The van der Waals surface area contributed by atoms with Crippen molar-refractivity contribution in [2.75, 3.05) is 10.5 Å². The number of rotatable bonds is 5. The Morgan fingerprint density at radius 2 is 2.06 bits per heavy atom. The fraction of sp³-hybridized carbons (Fsp3) is 0.364. The van der Waals surface area contributed by atoms with E-state index in [0.29, 0.717) is 17.7 Å². The van der Waals surface area contributed by atoms with Gasteiger partial charge in [0, 0.05) is 0 Å². The summed E-state index contributed by atoms with van der Waals surface area (Å²) in [7, 11) is -3.34. The van der Waals surface area contributed by atoms with Gasteiger partial charge in [-0.25, -0.2) is 13.2 Å². The second kappa shape index (κ2) is 5.18. The van der Waals surface area contributed by atoms with Crippen molar-refractivity contribution in [3.05, 3.63) is 29.3 Å². The molecule has 0 saturated carbocycles. The number of aromatic carboxylic acids is 1. The molecule has 0 amide bonds. The summed E-state index contributed by atoms with van der Waals surface area (Å²) in [6.07, 6.45) is 0.529. The zero-order valence-electron chi connectivity index (χ0n) is 9.73. The molecule has 1 aromatic rings. The molecule has 0 bridgehead atoms. The zero-order chi connectivity index (χ0) is 13.1. The minimum atomic E-state index is -3.34. The number of sulfonamides is 1. The van der Waals surface area contributed by atoms with Crippen LogP contribution in [0.4, 0.5) is 5.69 Å². The van der Waals surface area contributed by atoms with E-state index in [2.05, 4.69) is 4.72 Å². The van der Waals surface area contributed by atoms with E-state index >= 15 is 0 Å². The molecule has 5 nitrogen and oxygen atoms in total. The molecule has 2 N–H and O–H groups in total. The van der Waals surface area contributed by atoms with E-state index < -0.39 is 16.0 Å². The fourth-order valence-electron chi connectivity index (χ4n) is 1.40. The highest BCUT2D eigenvalue weighted by molar-refractivity contribution is 7.92. The molecule has 6 heteroatoms. The van der Waals surface area contributed by atoms with Crippen LogP contribution in [-0.4, -0.2) is 25.2 Å². The molecule has 17 heavy (non-hydrogen) atoms. The van der Waals surface area contributed by atoms with Gasteiger partial charge in [0.1, 0.15) is 0 Å². The third-order valence-electron chi connectivity index (χ3n) is 2.21. The Morgan fingerprint density at radius 3 is 2.53 bits per heavy atom. The Balaban J connectivity index is 2.98. The number of anilines is 1. The second-order valence-electron chi connectivity index (χ2n) is 3.76. The van der Waals surface area contributed by atoms with Crippen LogP contribution in [0.25, 0.3) is 0 Å². The van der Waals surface area contributed by atoms with E-state index in [1.54, 1.807) is 13.8 Å². The van der Waals surface area contributed by atoms with Gasteiger partial charge in [-0.15, -0.1) is 0 Å². The van der Waals surface area contributed by atoms with Crippen LogP contribution in [0.3, 0.4) is 0 Å². The van der Waals surface area contributed by atoms with Crippen molar-refractivity contribution in [2.45, 2.75) is 20.3 Å². The first-order valence-electron chi connectivity index (χ1n) is 5.20. The van der Waals surface area contributed by atoms with Crippen LogP contribution < -0.4 is 4.72 Å². The van der Waals surface area contributed by atoms with Gasteiger partial charge in [0.25, 0.3) is 0 Å². The molecule has 0 aliphatic carbocycles. The lowest BCUT2D eigenvalue weighted by atomic mass is 10.1. The van der Waals surface area contributed by atoms with Gasteiger partial charge in [0.2, 0.25) is 10.0 Å². The maximum absolute atomic E-state index is 11.5. The highest BCUT2D eigenvalue weighted by atomic mass is 32.2. The summed E-state index contributed by atoms with van der Waals surface area (Å²) in [6.45, 7) is 3.44. The molecule has 0 fully saturated rings. The topological polar surface area (TPSA) is 83.5 Å². The van der Waals surface area contributed by atoms with Crippen molar-refractivity contribution >= 4 is 21.7 Å². The van der Waals surface area contributed by atoms with Crippen molar-refractivity contribution < 1.29 is 18.3 Å². The molecular formula is C11H15NO4S. The van der Waals surface area contributed by atoms with Crippen molar-refractivity contribution in [3.63, 3.8) is 0 Å². The van der Waals surface area contributed by atoms with Crippen molar-refractivity contribution in [2.24, 2.45) is 0 Å². The molecule has 0 spiro atoms. The first kappa shape index (κ1) is 13.5. The standard InChI is InChI=1S/C11H15NO4S/c1-3-6-17(15,16)12-10-5-4-9(11(13)14)7-8(10)2/h4-5,7,12H,3,6H2,1-2H3,(H,13,14). The number of carbonyl (C=O) groups is 1. The molecule has 94 valence electrons. The Labute approximate surface area is 101 Å². The molecule has 1 aromatic carbocycles. The first-order valence-corrected chi connectivity index (χ1v) is 6.85. The van der Waals surface area contributed by atoms with Gasteiger partial charge in [-0.1, -0.05) is 6.92 Å². The summed E-state index contributed by atoms with van der Waals surface area (Å²) in [5.74, 6) is -0.983. The summed E-state index contributed by atoms with van der Waals surface area (Å²) < 4.78 is 25.5. The van der Waals surface area contributed by atoms with Gasteiger partial charge in [-0.05, 0) is 37.1 Å². The lowest BCUT2D eigenvalue weighted by Gasteiger charge is -2.10. The van der Waals surface area contributed by atoms with Crippen molar-refractivity contribution in [1.29, 1.82) is 0 Å². The predicted octanol–water partition coefficient (Wildman–Crippen LogP) is 1.84. The molecule has 0 aromatic heterocycles. The number of hydrogen-bond donors (Lipinski definition) is 2. The van der Waals surface area contributed by atoms with Crippen LogP contribution in [0.15, 0.2) is 18.2 Å². The van der Waals surface area contributed by atoms with E-state index in [-0.39, 0.29) is 11.3 Å². The van der Waals surface area contributed by atoms with Gasteiger partial charge >= 0.3 is 5.97 Å². The van der Waals surface area contributed by atoms with Crippen LogP contribution >= 0.6 is 0 Å². The number of carboxylic acids is 1. The zero-order valence-corrected chi connectivity index (χ0v) is 10.5. The third kappa shape index (κ3) is 3.74.